The number of hydrogen-bond donors (Lipinski definition) is 2. The summed E-state index contributed by atoms with van der Waals surface area (Å²) in [6, 6.07) is 1.78. The summed E-state index contributed by atoms with van der Waals surface area (Å²) in [5, 5.41) is 6.55. The second-order valence-corrected chi connectivity index (χ2v) is 5.47. The zero-order chi connectivity index (χ0) is 11.5. The van der Waals surface area contributed by atoms with E-state index < -0.39 is 0 Å². The van der Waals surface area contributed by atoms with E-state index >= 15 is 0 Å². The van der Waals surface area contributed by atoms with E-state index in [4.69, 9.17) is 5.73 Å². The first kappa shape index (κ1) is 12.2. The Balaban J connectivity index is 2.42. The van der Waals surface area contributed by atoms with Crippen LogP contribution >= 0.6 is 11.3 Å². The highest BCUT2D eigenvalue weighted by Crippen LogP contribution is 2.16. The van der Waals surface area contributed by atoms with Crippen LogP contribution in [0.1, 0.15) is 31.1 Å². The van der Waals surface area contributed by atoms with Gasteiger partial charge in [-0.25, -0.2) is 0 Å². The number of amides is 1. The summed E-state index contributed by atoms with van der Waals surface area (Å²) >= 11 is 1.52. The van der Waals surface area contributed by atoms with Crippen molar-refractivity contribution in [1.29, 1.82) is 0 Å². The molecule has 3 N–H and O–H groups in total. The summed E-state index contributed by atoms with van der Waals surface area (Å²) in [7, 11) is 0. The van der Waals surface area contributed by atoms with Gasteiger partial charge in [-0.15, -0.1) is 0 Å². The number of carbonyl (C=O) groups excluding carboxylic acids is 1. The summed E-state index contributed by atoms with van der Waals surface area (Å²) in [6.07, 6.45) is 0. The van der Waals surface area contributed by atoms with Crippen LogP contribution in [0.4, 0.5) is 0 Å². The Labute approximate surface area is 94.7 Å². The quantitative estimate of drug-likeness (QED) is 0.826. The average Bonchev–Trinajstić information content (AvgIpc) is 2.64. The first-order valence-electron chi connectivity index (χ1n) is 4.97. The van der Waals surface area contributed by atoms with Gasteiger partial charge in [-0.2, -0.15) is 11.3 Å². The van der Waals surface area contributed by atoms with Gasteiger partial charge in [0.15, 0.2) is 0 Å². The predicted octanol–water partition coefficient (Wildman–Crippen LogP) is 1.85. The Morgan fingerprint density at radius 2 is 2.27 bits per heavy atom. The van der Waals surface area contributed by atoms with Crippen LogP contribution in [0.5, 0.6) is 0 Å². The molecule has 0 spiro atoms. The number of thiophene rings is 1. The Hall–Kier alpha value is -0.870. The first-order chi connectivity index (χ1) is 6.91. The lowest BCUT2D eigenvalue weighted by atomic mass is 9.87. The van der Waals surface area contributed by atoms with Crippen molar-refractivity contribution in [3.8, 4) is 0 Å². The summed E-state index contributed by atoms with van der Waals surface area (Å²) in [6.45, 7) is 6.70. The number of nitrogens with one attached hydrogen (secondary N) is 1. The molecule has 0 aliphatic heterocycles. The molecule has 1 amide bonds. The molecule has 84 valence electrons. The molecule has 15 heavy (non-hydrogen) atoms. The average molecular weight is 226 g/mol. The van der Waals surface area contributed by atoms with Gasteiger partial charge in [0, 0.05) is 23.5 Å². The minimum absolute atomic E-state index is 0.0158. The molecule has 1 rings (SSSR count). The standard InChI is InChI=1S/C11H18N2OS/c1-11(2,3)9(12)6-13-10(14)8-4-5-15-7-8/h4-5,7,9H,6,12H2,1-3H3,(H,13,14)/t9-/m1/s1. The van der Waals surface area contributed by atoms with Crippen LogP contribution in [-0.4, -0.2) is 18.5 Å². The normalized spacial score (nSPS) is 13.6. The van der Waals surface area contributed by atoms with Gasteiger partial charge in [-0.3, -0.25) is 4.79 Å². The Bertz CT molecular complexity index is 314. The topological polar surface area (TPSA) is 55.1 Å². The van der Waals surface area contributed by atoms with Crippen molar-refractivity contribution in [3.05, 3.63) is 22.4 Å². The lowest BCUT2D eigenvalue weighted by Crippen LogP contribution is -2.45. The second-order valence-electron chi connectivity index (χ2n) is 4.69. The Kier molecular flexibility index (Phi) is 3.88. The molecule has 1 atom stereocenters. The molecule has 1 heterocycles. The molecule has 0 radical (unpaired) electrons. The highest BCUT2D eigenvalue weighted by Gasteiger charge is 2.21. The fourth-order valence-corrected chi connectivity index (χ4v) is 1.64. The van der Waals surface area contributed by atoms with Crippen LogP contribution in [0.15, 0.2) is 16.8 Å². The molecule has 3 nitrogen and oxygen atoms in total. The van der Waals surface area contributed by atoms with Gasteiger partial charge < -0.3 is 11.1 Å². The van der Waals surface area contributed by atoms with Crippen LogP contribution in [-0.2, 0) is 0 Å². The number of rotatable bonds is 3. The van der Waals surface area contributed by atoms with E-state index in [1.54, 1.807) is 0 Å². The molecular formula is C11H18N2OS. The fraction of sp³-hybridized carbons (Fsp3) is 0.545. The molecule has 0 saturated heterocycles. The van der Waals surface area contributed by atoms with Crippen LogP contribution in [0, 0.1) is 5.41 Å². The van der Waals surface area contributed by atoms with E-state index in [0.29, 0.717) is 12.1 Å². The largest absolute Gasteiger partial charge is 0.350 e. The fourth-order valence-electron chi connectivity index (χ4n) is 1.00. The summed E-state index contributed by atoms with van der Waals surface area (Å²) in [4.78, 5) is 11.6. The van der Waals surface area contributed by atoms with Gasteiger partial charge >= 0.3 is 0 Å². The van der Waals surface area contributed by atoms with Crippen LogP contribution in [0.25, 0.3) is 0 Å². The minimum atomic E-state index is -0.0454. The molecule has 0 unspecified atom stereocenters. The highest BCUT2D eigenvalue weighted by atomic mass is 32.1. The molecule has 0 aliphatic rings. The lowest BCUT2D eigenvalue weighted by molar-refractivity contribution is 0.0945. The van der Waals surface area contributed by atoms with Crippen LogP contribution < -0.4 is 11.1 Å². The van der Waals surface area contributed by atoms with Crippen molar-refractivity contribution in [3.63, 3.8) is 0 Å². The van der Waals surface area contributed by atoms with E-state index in [1.165, 1.54) is 11.3 Å². The summed E-state index contributed by atoms with van der Waals surface area (Å²) < 4.78 is 0. The van der Waals surface area contributed by atoms with Gasteiger partial charge in [-0.1, -0.05) is 20.8 Å². The van der Waals surface area contributed by atoms with E-state index in [1.807, 2.05) is 16.8 Å². The van der Waals surface area contributed by atoms with Crippen molar-refractivity contribution < 1.29 is 4.79 Å². The molecule has 1 aromatic heterocycles. The SMILES string of the molecule is CC(C)(C)[C@H](N)CNC(=O)c1ccsc1. The monoisotopic (exact) mass is 226 g/mol. The molecule has 0 fully saturated rings. The third kappa shape index (κ3) is 3.64. The zero-order valence-corrected chi connectivity index (χ0v) is 10.2. The van der Waals surface area contributed by atoms with Crippen molar-refractivity contribution in [2.75, 3.05) is 6.54 Å². The van der Waals surface area contributed by atoms with Gasteiger partial charge in [0.1, 0.15) is 0 Å². The van der Waals surface area contributed by atoms with E-state index in [-0.39, 0.29) is 17.4 Å². The number of nitrogens with two attached hydrogens (primary N) is 1. The van der Waals surface area contributed by atoms with E-state index in [9.17, 15) is 4.79 Å². The van der Waals surface area contributed by atoms with E-state index in [2.05, 4.69) is 26.1 Å². The lowest BCUT2D eigenvalue weighted by Gasteiger charge is -2.27. The smallest absolute Gasteiger partial charge is 0.252 e. The van der Waals surface area contributed by atoms with Crippen molar-refractivity contribution >= 4 is 17.2 Å². The van der Waals surface area contributed by atoms with Crippen molar-refractivity contribution in [2.24, 2.45) is 11.1 Å². The minimum Gasteiger partial charge on any atom is -0.350 e. The summed E-state index contributed by atoms with van der Waals surface area (Å²) in [5.74, 6) is -0.0454. The van der Waals surface area contributed by atoms with Crippen molar-refractivity contribution in [1.82, 2.24) is 5.32 Å². The van der Waals surface area contributed by atoms with Crippen LogP contribution in [0.3, 0.4) is 0 Å². The molecule has 0 saturated carbocycles. The third-order valence-corrected chi connectivity index (χ3v) is 3.06. The van der Waals surface area contributed by atoms with Crippen LogP contribution in [0.2, 0.25) is 0 Å². The maximum Gasteiger partial charge on any atom is 0.252 e. The van der Waals surface area contributed by atoms with Gasteiger partial charge in [0.05, 0.1) is 0 Å². The molecule has 0 aromatic carbocycles. The maximum atomic E-state index is 11.6. The van der Waals surface area contributed by atoms with Gasteiger partial charge in [0.25, 0.3) is 5.91 Å². The molecule has 0 bridgehead atoms. The zero-order valence-electron chi connectivity index (χ0n) is 9.41. The first-order valence-corrected chi connectivity index (χ1v) is 5.91. The van der Waals surface area contributed by atoms with Crippen molar-refractivity contribution in [2.45, 2.75) is 26.8 Å². The van der Waals surface area contributed by atoms with Gasteiger partial charge in [-0.05, 0) is 16.9 Å². The number of hydrogen-bond acceptors (Lipinski definition) is 3. The van der Waals surface area contributed by atoms with E-state index in [0.717, 1.165) is 0 Å². The Morgan fingerprint density at radius 3 is 2.73 bits per heavy atom. The molecular weight excluding hydrogens is 208 g/mol. The Morgan fingerprint density at radius 1 is 1.60 bits per heavy atom. The summed E-state index contributed by atoms with van der Waals surface area (Å²) in [5.41, 5.74) is 6.67. The third-order valence-electron chi connectivity index (χ3n) is 2.38. The highest BCUT2D eigenvalue weighted by molar-refractivity contribution is 7.08. The maximum absolute atomic E-state index is 11.6. The number of carbonyl (C=O) groups is 1. The predicted molar refractivity (Wildman–Crippen MR) is 64.1 cm³/mol. The molecule has 0 aliphatic carbocycles. The molecule has 1 aromatic rings. The molecule has 4 heteroatoms. The van der Waals surface area contributed by atoms with Gasteiger partial charge in [0.2, 0.25) is 0 Å². The second kappa shape index (κ2) is 4.77.